The van der Waals surface area contributed by atoms with E-state index in [2.05, 4.69) is 10.1 Å². The number of aromatic nitrogens is 1. The first-order valence-electron chi connectivity index (χ1n) is 7.24. The maximum Gasteiger partial charge on any atom is 0.337 e. The molecule has 1 aromatic heterocycles. The number of nitrogens with zero attached hydrogens (tertiary/aromatic N) is 1. The van der Waals surface area contributed by atoms with Crippen molar-refractivity contribution < 1.29 is 18.7 Å². The number of rotatable bonds is 3. The Labute approximate surface area is 137 Å². The molecule has 1 amide bonds. The summed E-state index contributed by atoms with van der Waals surface area (Å²) in [6, 6.07) is 12.4. The lowest BCUT2D eigenvalue weighted by atomic mass is 10.2. The fourth-order valence-electron chi connectivity index (χ4n) is 2.52. The standard InChI is InChI=1S/C18H15FN2O3/c1-21-15-10-13(19)6-3-12(15)9-16(21)17(22)20-14-7-4-11(5-8-14)18(23)24-2/h3-10H,1-2H3,(H,20,22). The van der Waals surface area contributed by atoms with Gasteiger partial charge in [-0.15, -0.1) is 0 Å². The van der Waals surface area contributed by atoms with Crippen LogP contribution in [0, 0.1) is 5.82 Å². The highest BCUT2D eigenvalue weighted by atomic mass is 19.1. The summed E-state index contributed by atoms with van der Waals surface area (Å²) in [6.07, 6.45) is 0. The highest BCUT2D eigenvalue weighted by Gasteiger charge is 2.14. The van der Waals surface area contributed by atoms with E-state index in [0.717, 1.165) is 5.39 Å². The summed E-state index contributed by atoms with van der Waals surface area (Å²) in [6.45, 7) is 0. The number of anilines is 1. The largest absolute Gasteiger partial charge is 0.465 e. The molecule has 3 aromatic rings. The van der Waals surface area contributed by atoms with E-state index in [1.165, 1.54) is 19.2 Å². The van der Waals surface area contributed by atoms with Crippen molar-refractivity contribution in [3.8, 4) is 0 Å². The first-order chi connectivity index (χ1) is 11.5. The number of carbonyl (C=O) groups is 2. The predicted octanol–water partition coefficient (Wildman–Crippen LogP) is 3.36. The second-order valence-electron chi connectivity index (χ2n) is 5.31. The fraction of sp³-hybridized carbons (Fsp3) is 0.111. The first kappa shape index (κ1) is 15.7. The van der Waals surface area contributed by atoms with Crippen LogP contribution in [0.4, 0.5) is 10.1 Å². The van der Waals surface area contributed by atoms with E-state index >= 15 is 0 Å². The van der Waals surface area contributed by atoms with Crippen molar-refractivity contribution in [2.75, 3.05) is 12.4 Å². The van der Waals surface area contributed by atoms with Crippen molar-refractivity contribution in [2.24, 2.45) is 7.05 Å². The molecule has 122 valence electrons. The average Bonchev–Trinajstić information content (AvgIpc) is 2.91. The molecule has 0 unspecified atom stereocenters. The van der Waals surface area contributed by atoms with Crippen LogP contribution >= 0.6 is 0 Å². The van der Waals surface area contributed by atoms with Crippen LogP contribution in [0.5, 0.6) is 0 Å². The van der Waals surface area contributed by atoms with Crippen molar-refractivity contribution in [2.45, 2.75) is 0 Å². The first-order valence-corrected chi connectivity index (χ1v) is 7.24. The Morgan fingerprint density at radius 1 is 1.08 bits per heavy atom. The minimum absolute atomic E-state index is 0.320. The molecule has 1 heterocycles. The molecule has 0 spiro atoms. The molecule has 0 radical (unpaired) electrons. The smallest absolute Gasteiger partial charge is 0.337 e. The molecule has 1 N–H and O–H groups in total. The Morgan fingerprint density at radius 3 is 2.46 bits per heavy atom. The van der Waals surface area contributed by atoms with Gasteiger partial charge in [-0.25, -0.2) is 9.18 Å². The monoisotopic (exact) mass is 326 g/mol. The van der Waals surface area contributed by atoms with Gasteiger partial charge in [0.25, 0.3) is 5.91 Å². The molecule has 0 aliphatic carbocycles. The summed E-state index contributed by atoms with van der Waals surface area (Å²) in [7, 11) is 3.01. The van der Waals surface area contributed by atoms with E-state index in [1.54, 1.807) is 48.0 Å². The lowest BCUT2D eigenvalue weighted by Crippen LogP contribution is -2.15. The Bertz CT molecular complexity index is 929. The summed E-state index contributed by atoms with van der Waals surface area (Å²) < 4.78 is 19.6. The number of esters is 1. The molecule has 0 saturated carbocycles. The van der Waals surface area contributed by atoms with Crippen molar-refractivity contribution in [3.05, 3.63) is 65.6 Å². The normalized spacial score (nSPS) is 10.6. The highest BCUT2D eigenvalue weighted by molar-refractivity contribution is 6.06. The second kappa shape index (κ2) is 6.16. The Kier molecular flexibility index (Phi) is 4.04. The van der Waals surface area contributed by atoms with Crippen molar-refractivity contribution >= 4 is 28.5 Å². The molecule has 0 aliphatic rings. The van der Waals surface area contributed by atoms with E-state index in [1.807, 2.05) is 0 Å². The van der Waals surface area contributed by atoms with E-state index in [0.29, 0.717) is 22.5 Å². The molecular weight excluding hydrogens is 311 g/mol. The van der Waals surface area contributed by atoms with Crippen molar-refractivity contribution in [1.82, 2.24) is 4.57 Å². The number of fused-ring (bicyclic) bond motifs is 1. The molecular formula is C18H15FN2O3. The molecule has 0 aliphatic heterocycles. The number of hydrogen-bond acceptors (Lipinski definition) is 3. The minimum Gasteiger partial charge on any atom is -0.465 e. The number of halogens is 1. The topological polar surface area (TPSA) is 60.3 Å². The van der Waals surface area contributed by atoms with Crippen LogP contribution in [0.25, 0.3) is 10.9 Å². The van der Waals surface area contributed by atoms with Gasteiger partial charge in [0, 0.05) is 18.1 Å². The SMILES string of the molecule is COC(=O)c1ccc(NC(=O)c2cc3ccc(F)cc3n2C)cc1. The number of carbonyl (C=O) groups excluding carboxylic acids is 2. The van der Waals surface area contributed by atoms with Crippen molar-refractivity contribution in [3.63, 3.8) is 0 Å². The van der Waals surface area contributed by atoms with Crippen LogP contribution in [0.15, 0.2) is 48.5 Å². The maximum atomic E-state index is 13.4. The van der Waals surface area contributed by atoms with Gasteiger partial charge >= 0.3 is 5.97 Å². The van der Waals surface area contributed by atoms with Crippen LogP contribution in [0.1, 0.15) is 20.8 Å². The van der Waals surface area contributed by atoms with Gasteiger partial charge < -0.3 is 14.6 Å². The fourth-order valence-corrected chi connectivity index (χ4v) is 2.52. The third kappa shape index (κ3) is 2.86. The Hall–Kier alpha value is -3.15. The lowest BCUT2D eigenvalue weighted by molar-refractivity contribution is 0.0600. The number of methoxy groups -OCH3 is 1. The van der Waals surface area contributed by atoms with Gasteiger partial charge in [-0.3, -0.25) is 4.79 Å². The summed E-state index contributed by atoms with van der Waals surface area (Å²) in [5.41, 5.74) is 1.99. The van der Waals surface area contributed by atoms with Crippen LogP contribution in [0.2, 0.25) is 0 Å². The molecule has 0 fully saturated rings. The van der Waals surface area contributed by atoms with E-state index in [9.17, 15) is 14.0 Å². The molecule has 2 aromatic carbocycles. The predicted molar refractivity (Wildman–Crippen MR) is 88.6 cm³/mol. The molecule has 3 rings (SSSR count). The zero-order valence-electron chi connectivity index (χ0n) is 13.2. The van der Waals surface area contributed by atoms with Crippen LogP contribution in [-0.4, -0.2) is 23.6 Å². The van der Waals surface area contributed by atoms with Gasteiger partial charge in [-0.1, -0.05) is 0 Å². The zero-order valence-corrected chi connectivity index (χ0v) is 13.2. The minimum atomic E-state index is -0.441. The highest BCUT2D eigenvalue weighted by Crippen LogP contribution is 2.21. The molecule has 0 atom stereocenters. The second-order valence-corrected chi connectivity index (χ2v) is 5.31. The van der Waals surface area contributed by atoms with E-state index < -0.39 is 5.97 Å². The van der Waals surface area contributed by atoms with Crippen LogP contribution in [-0.2, 0) is 11.8 Å². The van der Waals surface area contributed by atoms with Crippen molar-refractivity contribution in [1.29, 1.82) is 0 Å². The third-order valence-electron chi connectivity index (χ3n) is 3.80. The number of nitrogens with one attached hydrogen (secondary N) is 1. The molecule has 0 bridgehead atoms. The van der Waals surface area contributed by atoms with E-state index in [4.69, 9.17) is 0 Å². The molecule has 6 heteroatoms. The Balaban J connectivity index is 1.85. The number of ether oxygens (including phenoxy) is 1. The average molecular weight is 326 g/mol. The number of benzene rings is 2. The number of hydrogen-bond donors (Lipinski definition) is 1. The molecule has 5 nitrogen and oxygen atoms in total. The summed E-state index contributed by atoms with van der Waals surface area (Å²) >= 11 is 0. The van der Waals surface area contributed by atoms with Gasteiger partial charge in [0.05, 0.1) is 18.2 Å². The van der Waals surface area contributed by atoms with Gasteiger partial charge in [-0.2, -0.15) is 0 Å². The maximum absolute atomic E-state index is 13.4. The lowest BCUT2D eigenvalue weighted by Gasteiger charge is -2.07. The quantitative estimate of drug-likeness (QED) is 0.751. The van der Waals surface area contributed by atoms with Crippen LogP contribution in [0.3, 0.4) is 0 Å². The van der Waals surface area contributed by atoms with Crippen LogP contribution < -0.4 is 5.32 Å². The number of amides is 1. The van der Waals surface area contributed by atoms with Gasteiger partial charge in [-0.05, 0) is 48.5 Å². The molecule has 0 saturated heterocycles. The van der Waals surface area contributed by atoms with E-state index in [-0.39, 0.29) is 11.7 Å². The summed E-state index contributed by atoms with van der Waals surface area (Å²) in [4.78, 5) is 23.8. The Morgan fingerprint density at radius 2 is 1.79 bits per heavy atom. The molecule has 24 heavy (non-hydrogen) atoms. The van der Waals surface area contributed by atoms with Gasteiger partial charge in [0.1, 0.15) is 11.5 Å². The number of aryl methyl sites for hydroxylation is 1. The summed E-state index contributed by atoms with van der Waals surface area (Å²) in [5, 5.41) is 3.54. The van der Waals surface area contributed by atoms with Gasteiger partial charge in [0.15, 0.2) is 0 Å². The van der Waals surface area contributed by atoms with Gasteiger partial charge in [0.2, 0.25) is 0 Å². The zero-order chi connectivity index (χ0) is 17.3. The summed E-state index contributed by atoms with van der Waals surface area (Å²) in [5.74, 6) is -1.11. The third-order valence-corrected chi connectivity index (χ3v) is 3.80.